The van der Waals surface area contributed by atoms with Crippen LogP contribution in [-0.2, 0) is 9.53 Å². The Hall–Kier alpha value is -1.46. The Labute approximate surface area is 124 Å². The van der Waals surface area contributed by atoms with Crippen LogP contribution in [0.3, 0.4) is 0 Å². The highest BCUT2D eigenvalue weighted by Gasteiger charge is 2.36. The molecule has 3 atom stereocenters. The fourth-order valence-electron chi connectivity index (χ4n) is 3.24. The molecule has 5 heteroatoms. The molecule has 1 aromatic carbocycles. The number of likely N-dealkylation sites (tertiary alicyclic amines) is 1. The Balaban J connectivity index is 1.67. The van der Waals surface area contributed by atoms with E-state index in [2.05, 4.69) is 12.2 Å². The zero-order valence-corrected chi connectivity index (χ0v) is 12.2. The number of carbonyl (C=O) groups is 1. The summed E-state index contributed by atoms with van der Waals surface area (Å²) in [5.41, 5.74) is 1.10. The molecular formula is C16H21FN2O2. The predicted octanol–water partition coefficient (Wildman–Crippen LogP) is 1.52. The molecule has 2 heterocycles. The van der Waals surface area contributed by atoms with Crippen LogP contribution in [0.15, 0.2) is 24.3 Å². The van der Waals surface area contributed by atoms with E-state index in [4.69, 9.17) is 4.74 Å². The number of hydrogen-bond donors (Lipinski definition) is 1. The van der Waals surface area contributed by atoms with Crippen molar-refractivity contribution in [3.63, 3.8) is 0 Å². The largest absolute Gasteiger partial charge is 0.378 e. The summed E-state index contributed by atoms with van der Waals surface area (Å²) >= 11 is 0. The molecule has 0 spiro atoms. The quantitative estimate of drug-likeness (QED) is 0.898. The van der Waals surface area contributed by atoms with E-state index in [1.54, 1.807) is 0 Å². The molecule has 0 radical (unpaired) electrons. The van der Waals surface area contributed by atoms with Crippen molar-refractivity contribution in [2.24, 2.45) is 0 Å². The van der Waals surface area contributed by atoms with Gasteiger partial charge in [0.1, 0.15) is 11.9 Å². The minimum Gasteiger partial charge on any atom is -0.378 e. The highest BCUT2D eigenvalue weighted by Crippen LogP contribution is 2.32. The Morgan fingerprint density at radius 2 is 2.14 bits per heavy atom. The van der Waals surface area contributed by atoms with Gasteiger partial charge in [0.2, 0.25) is 5.91 Å². The molecule has 0 bridgehead atoms. The molecule has 1 aromatic rings. The number of carbonyl (C=O) groups excluding carboxylic acids is 1. The van der Waals surface area contributed by atoms with Gasteiger partial charge in [-0.15, -0.1) is 0 Å². The average Bonchev–Trinajstić information content (AvgIpc) is 2.90. The zero-order valence-electron chi connectivity index (χ0n) is 12.2. The fraction of sp³-hybridized carbons (Fsp3) is 0.562. The number of morpholine rings is 1. The maximum Gasteiger partial charge on any atom is 0.242 e. The van der Waals surface area contributed by atoms with E-state index in [9.17, 15) is 9.18 Å². The van der Waals surface area contributed by atoms with Gasteiger partial charge in [0.15, 0.2) is 0 Å². The first-order chi connectivity index (χ1) is 10.1. The number of nitrogens with zero attached hydrogens (tertiary/aromatic N) is 1. The molecule has 2 fully saturated rings. The van der Waals surface area contributed by atoms with E-state index >= 15 is 0 Å². The lowest BCUT2D eigenvalue weighted by Crippen LogP contribution is -2.53. The molecule has 0 aromatic heterocycles. The van der Waals surface area contributed by atoms with E-state index in [1.807, 2.05) is 17.0 Å². The van der Waals surface area contributed by atoms with Gasteiger partial charge < -0.3 is 15.0 Å². The number of halogens is 1. The van der Waals surface area contributed by atoms with Crippen molar-refractivity contribution in [2.45, 2.75) is 31.3 Å². The van der Waals surface area contributed by atoms with Crippen LogP contribution in [-0.4, -0.2) is 49.2 Å². The second-order valence-electron chi connectivity index (χ2n) is 5.91. The number of rotatable bonds is 2. The second kappa shape index (κ2) is 6.12. The van der Waals surface area contributed by atoms with E-state index in [1.165, 1.54) is 12.1 Å². The smallest absolute Gasteiger partial charge is 0.242 e. The molecule has 2 aliphatic rings. The summed E-state index contributed by atoms with van der Waals surface area (Å²) in [7, 11) is 0. The van der Waals surface area contributed by atoms with Crippen molar-refractivity contribution in [1.82, 2.24) is 10.2 Å². The standard InChI is InChI=1S/C16H21FN2O2/c1-11-8-13(12-2-4-14(17)5-3-12)9-19(11)16(20)15-10-21-7-6-18-15/h2-5,11,13,15,18H,6-10H2,1H3/t11-,13-,15-/m1/s1. The van der Waals surface area contributed by atoms with Gasteiger partial charge in [-0.2, -0.15) is 0 Å². The monoisotopic (exact) mass is 292 g/mol. The third-order valence-corrected chi connectivity index (χ3v) is 4.42. The van der Waals surface area contributed by atoms with E-state index in [0.717, 1.165) is 18.5 Å². The first-order valence-electron chi connectivity index (χ1n) is 7.52. The van der Waals surface area contributed by atoms with Crippen LogP contribution in [0.1, 0.15) is 24.8 Å². The Morgan fingerprint density at radius 1 is 1.38 bits per heavy atom. The average molecular weight is 292 g/mol. The zero-order chi connectivity index (χ0) is 14.8. The number of nitrogens with one attached hydrogen (secondary N) is 1. The maximum atomic E-state index is 13.0. The van der Waals surface area contributed by atoms with Gasteiger partial charge in [0, 0.05) is 25.0 Å². The van der Waals surface area contributed by atoms with Crippen molar-refractivity contribution in [3.05, 3.63) is 35.6 Å². The van der Waals surface area contributed by atoms with Gasteiger partial charge in [0.05, 0.1) is 13.2 Å². The van der Waals surface area contributed by atoms with Crippen LogP contribution < -0.4 is 5.32 Å². The molecule has 2 saturated heterocycles. The lowest BCUT2D eigenvalue weighted by molar-refractivity contribution is -0.136. The van der Waals surface area contributed by atoms with Crippen molar-refractivity contribution in [1.29, 1.82) is 0 Å². The summed E-state index contributed by atoms with van der Waals surface area (Å²) < 4.78 is 18.4. The molecular weight excluding hydrogens is 271 g/mol. The molecule has 2 aliphatic heterocycles. The van der Waals surface area contributed by atoms with Gasteiger partial charge in [0.25, 0.3) is 0 Å². The van der Waals surface area contributed by atoms with Gasteiger partial charge >= 0.3 is 0 Å². The minimum atomic E-state index is -0.229. The number of benzene rings is 1. The van der Waals surface area contributed by atoms with Gasteiger partial charge in [-0.1, -0.05) is 12.1 Å². The molecule has 1 amide bonds. The van der Waals surface area contributed by atoms with Gasteiger partial charge in [-0.25, -0.2) is 4.39 Å². The SMILES string of the molecule is C[C@@H]1C[C@@H](c2ccc(F)cc2)CN1C(=O)[C@H]1COCCN1. The molecule has 114 valence electrons. The van der Waals surface area contributed by atoms with Crippen LogP contribution in [0, 0.1) is 5.82 Å². The van der Waals surface area contributed by atoms with E-state index in [0.29, 0.717) is 19.8 Å². The summed E-state index contributed by atoms with van der Waals surface area (Å²) in [6.45, 7) is 4.61. The van der Waals surface area contributed by atoms with Crippen LogP contribution in [0.5, 0.6) is 0 Å². The Morgan fingerprint density at radius 3 is 2.81 bits per heavy atom. The maximum absolute atomic E-state index is 13.0. The van der Waals surface area contributed by atoms with E-state index < -0.39 is 0 Å². The second-order valence-corrected chi connectivity index (χ2v) is 5.91. The summed E-state index contributed by atoms with van der Waals surface area (Å²) in [6, 6.07) is 6.59. The first-order valence-corrected chi connectivity index (χ1v) is 7.52. The molecule has 1 N–H and O–H groups in total. The lowest BCUT2D eigenvalue weighted by Gasteiger charge is -2.29. The lowest BCUT2D eigenvalue weighted by atomic mass is 9.97. The molecule has 21 heavy (non-hydrogen) atoms. The number of amides is 1. The predicted molar refractivity (Wildman–Crippen MR) is 77.5 cm³/mol. The van der Waals surface area contributed by atoms with Gasteiger partial charge in [-0.05, 0) is 31.0 Å². The van der Waals surface area contributed by atoms with Crippen LogP contribution >= 0.6 is 0 Å². The number of hydrogen-bond acceptors (Lipinski definition) is 3. The Kier molecular flexibility index (Phi) is 4.22. The molecule has 0 aliphatic carbocycles. The fourth-order valence-corrected chi connectivity index (χ4v) is 3.24. The third-order valence-electron chi connectivity index (χ3n) is 4.42. The first kappa shape index (κ1) is 14.5. The van der Waals surface area contributed by atoms with Crippen LogP contribution in [0.4, 0.5) is 4.39 Å². The topological polar surface area (TPSA) is 41.6 Å². The molecule has 4 nitrogen and oxygen atoms in total. The molecule has 3 rings (SSSR count). The van der Waals surface area contributed by atoms with Crippen LogP contribution in [0.25, 0.3) is 0 Å². The Bertz CT molecular complexity index is 500. The van der Waals surface area contributed by atoms with Crippen molar-refractivity contribution in [3.8, 4) is 0 Å². The molecule has 0 saturated carbocycles. The highest BCUT2D eigenvalue weighted by molar-refractivity contribution is 5.82. The van der Waals surface area contributed by atoms with E-state index in [-0.39, 0.29) is 29.7 Å². The summed E-state index contributed by atoms with van der Waals surface area (Å²) in [4.78, 5) is 14.5. The summed E-state index contributed by atoms with van der Waals surface area (Å²) in [5, 5.41) is 3.21. The summed E-state index contributed by atoms with van der Waals surface area (Å²) in [6.07, 6.45) is 0.922. The van der Waals surface area contributed by atoms with Gasteiger partial charge in [-0.3, -0.25) is 4.79 Å². The normalized spacial score (nSPS) is 29.6. The van der Waals surface area contributed by atoms with Crippen molar-refractivity contribution < 1.29 is 13.9 Å². The molecule has 0 unspecified atom stereocenters. The van der Waals surface area contributed by atoms with Crippen LogP contribution in [0.2, 0.25) is 0 Å². The highest BCUT2D eigenvalue weighted by atomic mass is 19.1. The van der Waals surface area contributed by atoms with Crippen molar-refractivity contribution in [2.75, 3.05) is 26.3 Å². The summed E-state index contributed by atoms with van der Waals surface area (Å²) in [5.74, 6) is 0.183. The minimum absolute atomic E-state index is 0.117. The number of ether oxygens (including phenoxy) is 1. The van der Waals surface area contributed by atoms with Crippen molar-refractivity contribution >= 4 is 5.91 Å². The third kappa shape index (κ3) is 3.09.